The molecule has 1 saturated heterocycles. The second-order valence-corrected chi connectivity index (χ2v) is 8.56. The van der Waals surface area contributed by atoms with Crippen molar-refractivity contribution in [2.24, 2.45) is 0 Å². The molecule has 6 nitrogen and oxygen atoms in total. The largest absolute Gasteiger partial charge is 0.317 e. The number of aromatic nitrogens is 5. The zero-order chi connectivity index (χ0) is 17.0. The van der Waals surface area contributed by atoms with Crippen molar-refractivity contribution < 1.29 is 0 Å². The third-order valence-electron chi connectivity index (χ3n) is 4.63. The van der Waals surface area contributed by atoms with E-state index in [1.807, 2.05) is 17.6 Å². The third kappa shape index (κ3) is 3.00. The van der Waals surface area contributed by atoms with Crippen LogP contribution in [-0.4, -0.2) is 37.7 Å². The fraction of sp³-hybridized carbons (Fsp3) is 0.412. The molecule has 136 valence electrons. The Morgan fingerprint density at radius 3 is 2.62 bits per heavy atom. The van der Waals surface area contributed by atoms with Gasteiger partial charge >= 0.3 is 0 Å². The maximum atomic E-state index is 4.87. The fourth-order valence-corrected chi connectivity index (χ4v) is 5.53. The highest BCUT2D eigenvalue weighted by Gasteiger charge is 2.21. The Morgan fingerprint density at radius 1 is 1.08 bits per heavy atom. The Labute approximate surface area is 165 Å². The van der Waals surface area contributed by atoms with Gasteiger partial charge in [-0.3, -0.25) is 0 Å². The lowest BCUT2D eigenvalue weighted by Crippen LogP contribution is -2.26. The van der Waals surface area contributed by atoms with Crippen LogP contribution in [0.1, 0.15) is 35.0 Å². The molecule has 0 radical (unpaired) electrons. The van der Waals surface area contributed by atoms with Crippen molar-refractivity contribution in [1.29, 1.82) is 0 Å². The first-order valence-corrected chi connectivity index (χ1v) is 10.1. The number of thiazole rings is 2. The van der Waals surface area contributed by atoms with Gasteiger partial charge < -0.3 is 5.32 Å². The van der Waals surface area contributed by atoms with E-state index in [2.05, 4.69) is 28.4 Å². The molecule has 1 fully saturated rings. The van der Waals surface area contributed by atoms with Crippen LogP contribution in [0.4, 0.5) is 0 Å². The lowest BCUT2D eigenvalue weighted by molar-refractivity contribution is 0.459. The van der Waals surface area contributed by atoms with Crippen molar-refractivity contribution in [2.45, 2.75) is 32.6 Å². The molecule has 5 rings (SSSR count). The van der Waals surface area contributed by atoms with E-state index in [-0.39, 0.29) is 12.4 Å². The number of aryl methyl sites for hydroxylation is 2. The number of nitrogens with zero attached hydrogens (tertiary/aromatic N) is 5. The van der Waals surface area contributed by atoms with Crippen LogP contribution in [-0.2, 0) is 0 Å². The quantitative estimate of drug-likeness (QED) is 0.545. The predicted molar refractivity (Wildman–Crippen MR) is 109 cm³/mol. The van der Waals surface area contributed by atoms with Crippen molar-refractivity contribution >= 4 is 50.4 Å². The molecule has 0 atom stereocenters. The summed E-state index contributed by atoms with van der Waals surface area (Å²) in [6.45, 7) is 6.23. The summed E-state index contributed by atoms with van der Waals surface area (Å²) < 4.78 is 1.85. The first-order valence-electron chi connectivity index (χ1n) is 8.49. The Balaban J connectivity index is 0.00000168. The molecule has 4 aromatic heterocycles. The zero-order valence-electron chi connectivity index (χ0n) is 14.5. The molecular formula is C17H19ClN6S2. The van der Waals surface area contributed by atoms with Crippen LogP contribution in [0.5, 0.6) is 0 Å². The van der Waals surface area contributed by atoms with Crippen LogP contribution in [0.3, 0.4) is 0 Å². The van der Waals surface area contributed by atoms with E-state index in [4.69, 9.17) is 9.97 Å². The van der Waals surface area contributed by atoms with Crippen LogP contribution in [0.2, 0.25) is 0 Å². The van der Waals surface area contributed by atoms with Gasteiger partial charge in [0.15, 0.2) is 15.3 Å². The van der Waals surface area contributed by atoms with E-state index >= 15 is 0 Å². The summed E-state index contributed by atoms with van der Waals surface area (Å²) in [7, 11) is 0. The van der Waals surface area contributed by atoms with Gasteiger partial charge in [-0.1, -0.05) is 22.7 Å². The standard InChI is InChI=1S/C17H18N6S2.ClH/c1-9-7-12(22-23-8-10(2)19-13(9)23)15-21-17-16(25-15)20-14(24-17)11-3-5-18-6-4-11;/h7-8,11,18H,3-6H2,1-2H3;1H. The smallest absolute Gasteiger partial charge is 0.156 e. The van der Waals surface area contributed by atoms with E-state index < -0.39 is 0 Å². The number of fused-ring (bicyclic) bond motifs is 2. The molecule has 1 aliphatic rings. The van der Waals surface area contributed by atoms with Crippen molar-refractivity contribution in [3.8, 4) is 10.7 Å². The zero-order valence-corrected chi connectivity index (χ0v) is 17.0. The fourth-order valence-electron chi connectivity index (χ4n) is 3.36. The van der Waals surface area contributed by atoms with Gasteiger partial charge in [-0.25, -0.2) is 19.5 Å². The number of nitrogens with one attached hydrogen (secondary N) is 1. The van der Waals surface area contributed by atoms with Gasteiger partial charge in [-0.15, -0.1) is 12.4 Å². The molecule has 0 aromatic carbocycles. The Hall–Kier alpha value is -1.61. The van der Waals surface area contributed by atoms with E-state index in [0.717, 1.165) is 50.4 Å². The molecule has 0 aliphatic carbocycles. The summed E-state index contributed by atoms with van der Waals surface area (Å²) in [6, 6.07) is 2.07. The molecule has 0 amide bonds. The van der Waals surface area contributed by atoms with Gasteiger partial charge in [0, 0.05) is 5.92 Å². The van der Waals surface area contributed by atoms with Crippen LogP contribution in [0.25, 0.3) is 26.0 Å². The molecule has 9 heteroatoms. The molecular weight excluding hydrogens is 388 g/mol. The normalized spacial score (nSPS) is 15.6. The molecule has 0 saturated carbocycles. The van der Waals surface area contributed by atoms with Crippen molar-refractivity contribution in [2.75, 3.05) is 13.1 Å². The maximum Gasteiger partial charge on any atom is 0.156 e. The Bertz CT molecular complexity index is 1040. The van der Waals surface area contributed by atoms with Gasteiger partial charge in [-0.05, 0) is 51.4 Å². The first kappa shape index (κ1) is 17.8. The van der Waals surface area contributed by atoms with E-state index in [9.17, 15) is 0 Å². The third-order valence-corrected chi connectivity index (χ3v) is 6.84. The highest BCUT2D eigenvalue weighted by atomic mass is 35.5. The number of imidazole rings is 1. The van der Waals surface area contributed by atoms with Gasteiger partial charge in [0.05, 0.1) is 16.9 Å². The highest BCUT2D eigenvalue weighted by molar-refractivity contribution is 7.28. The van der Waals surface area contributed by atoms with Gasteiger partial charge in [0.2, 0.25) is 0 Å². The maximum absolute atomic E-state index is 4.87. The Morgan fingerprint density at radius 2 is 1.85 bits per heavy atom. The molecule has 26 heavy (non-hydrogen) atoms. The lowest BCUT2D eigenvalue weighted by atomic mass is 9.99. The SMILES string of the molecule is Cc1cn2nc(-c3nc4sc(C5CCNCC5)nc4s3)cc(C)c2n1.Cl. The van der Waals surface area contributed by atoms with Crippen LogP contribution in [0.15, 0.2) is 12.3 Å². The number of piperidine rings is 1. The minimum atomic E-state index is 0. The number of halogens is 1. The number of rotatable bonds is 2. The van der Waals surface area contributed by atoms with Gasteiger partial charge in [0.25, 0.3) is 0 Å². The predicted octanol–water partition coefficient (Wildman–Crippen LogP) is 3.97. The lowest BCUT2D eigenvalue weighted by Gasteiger charge is -2.20. The monoisotopic (exact) mass is 406 g/mol. The highest BCUT2D eigenvalue weighted by Crippen LogP contribution is 2.37. The average Bonchev–Trinajstić information content (AvgIpc) is 3.27. The van der Waals surface area contributed by atoms with Crippen LogP contribution >= 0.6 is 35.1 Å². The number of hydrogen-bond donors (Lipinski definition) is 1. The second kappa shape index (κ2) is 6.84. The molecule has 0 bridgehead atoms. The molecule has 0 unspecified atom stereocenters. The number of hydrogen-bond acceptors (Lipinski definition) is 7. The van der Waals surface area contributed by atoms with Crippen molar-refractivity contribution in [3.63, 3.8) is 0 Å². The summed E-state index contributed by atoms with van der Waals surface area (Å²) in [6.07, 6.45) is 4.30. The van der Waals surface area contributed by atoms with Crippen LogP contribution < -0.4 is 5.32 Å². The molecule has 5 heterocycles. The molecule has 0 spiro atoms. The minimum Gasteiger partial charge on any atom is -0.317 e. The molecule has 1 aliphatic heterocycles. The molecule has 1 N–H and O–H groups in total. The van der Waals surface area contributed by atoms with Gasteiger partial charge in [0.1, 0.15) is 10.7 Å². The summed E-state index contributed by atoms with van der Waals surface area (Å²) in [5, 5.41) is 10.3. The van der Waals surface area contributed by atoms with E-state index in [1.54, 1.807) is 22.7 Å². The first-order chi connectivity index (χ1) is 12.2. The minimum absolute atomic E-state index is 0. The summed E-state index contributed by atoms with van der Waals surface area (Å²) in [5.41, 5.74) is 3.88. The molecule has 4 aromatic rings. The van der Waals surface area contributed by atoms with E-state index in [0.29, 0.717) is 5.92 Å². The van der Waals surface area contributed by atoms with Crippen molar-refractivity contribution in [3.05, 3.63) is 28.5 Å². The Kier molecular flexibility index (Phi) is 4.68. The summed E-state index contributed by atoms with van der Waals surface area (Å²) >= 11 is 3.38. The van der Waals surface area contributed by atoms with Gasteiger partial charge in [-0.2, -0.15) is 5.10 Å². The second-order valence-electron chi connectivity index (χ2n) is 6.57. The summed E-state index contributed by atoms with van der Waals surface area (Å²) in [4.78, 5) is 16.3. The average molecular weight is 407 g/mol. The topological polar surface area (TPSA) is 68.0 Å². The van der Waals surface area contributed by atoms with Crippen molar-refractivity contribution in [1.82, 2.24) is 29.9 Å². The van der Waals surface area contributed by atoms with E-state index in [1.165, 1.54) is 17.8 Å². The van der Waals surface area contributed by atoms with Crippen LogP contribution in [0, 0.1) is 13.8 Å². The summed E-state index contributed by atoms with van der Waals surface area (Å²) in [5.74, 6) is 0.585.